The van der Waals surface area contributed by atoms with Crippen LogP contribution in [-0.2, 0) is 24.4 Å². The van der Waals surface area contributed by atoms with E-state index in [2.05, 4.69) is 38.8 Å². The van der Waals surface area contributed by atoms with Crippen molar-refractivity contribution in [1.29, 1.82) is 0 Å². The SMILES string of the molecule is C=CCC(C)[O-].C=CCC(C)[O-].C=CCC(C)[O-].CC1=[C]([Hf+3])CC=C1. The maximum atomic E-state index is 10.1. The molecule has 0 saturated carbocycles. The Labute approximate surface area is 170 Å². The monoisotopic (exact) mass is 514 g/mol. The van der Waals surface area contributed by atoms with Crippen LogP contribution < -0.4 is 15.3 Å². The first-order valence-electron chi connectivity index (χ1n) is 8.50. The molecule has 1 rings (SSSR count). The fourth-order valence-electron chi connectivity index (χ4n) is 1.32. The van der Waals surface area contributed by atoms with Crippen LogP contribution in [0.5, 0.6) is 0 Å². The van der Waals surface area contributed by atoms with E-state index in [0.717, 1.165) is 0 Å². The molecule has 1 aliphatic carbocycles. The summed E-state index contributed by atoms with van der Waals surface area (Å²) >= 11 is 1.25. The van der Waals surface area contributed by atoms with Gasteiger partial charge in [0.1, 0.15) is 0 Å². The van der Waals surface area contributed by atoms with Gasteiger partial charge >= 0.3 is 58.8 Å². The predicted octanol–water partition coefficient (Wildman–Crippen LogP) is 2.70. The standard InChI is InChI=1S/C6H7.3C5H9O.Hf/c1-6-4-2-3-5-6;3*1-3-4-5(2)6;/h2,4H,3H2,1H3;3*3,5H,1,4H2,2H3;/q;3*-1;+3. The number of rotatable bonds is 6. The molecule has 3 atom stereocenters. The van der Waals surface area contributed by atoms with Gasteiger partial charge in [-0.15, -0.1) is 38.0 Å². The van der Waals surface area contributed by atoms with E-state index in [1.807, 2.05) is 0 Å². The molecule has 140 valence electrons. The number of hydrogen-bond donors (Lipinski definition) is 0. The van der Waals surface area contributed by atoms with Gasteiger partial charge in [0.2, 0.25) is 0 Å². The van der Waals surface area contributed by atoms with Gasteiger partial charge in [-0.25, -0.2) is 0 Å². The summed E-state index contributed by atoms with van der Waals surface area (Å²) < 4.78 is 1.65. The van der Waals surface area contributed by atoms with E-state index in [4.69, 9.17) is 0 Å². The quantitative estimate of drug-likeness (QED) is 0.406. The average Bonchev–Trinajstić information content (AvgIpc) is 2.84. The molecule has 25 heavy (non-hydrogen) atoms. The number of allylic oxidation sites excluding steroid dienone is 4. The molecule has 0 spiro atoms. The van der Waals surface area contributed by atoms with Gasteiger partial charge in [-0.3, -0.25) is 0 Å². The molecular formula is C21H34HfO3. The van der Waals surface area contributed by atoms with E-state index >= 15 is 0 Å². The van der Waals surface area contributed by atoms with Gasteiger partial charge in [0, 0.05) is 0 Å². The third-order valence-corrected chi connectivity index (χ3v) is 4.81. The summed E-state index contributed by atoms with van der Waals surface area (Å²) in [5.41, 5.74) is 1.51. The minimum absolute atomic E-state index is 0.470. The Bertz CT molecular complexity index is 361. The Morgan fingerprint density at radius 2 is 1.24 bits per heavy atom. The zero-order valence-corrected chi connectivity index (χ0v) is 19.9. The summed E-state index contributed by atoms with van der Waals surface area (Å²) in [7, 11) is 0. The zero-order chi connectivity index (χ0) is 20.3. The fraction of sp³-hybridized carbons (Fsp3) is 0.524. The molecule has 0 radical (unpaired) electrons. The summed E-state index contributed by atoms with van der Waals surface area (Å²) in [5.74, 6) is 0. The first kappa shape index (κ1) is 29.2. The molecule has 0 N–H and O–H groups in total. The Hall–Kier alpha value is -0.550. The Balaban J connectivity index is -0.000000259. The van der Waals surface area contributed by atoms with E-state index in [0.29, 0.717) is 19.3 Å². The van der Waals surface area contributed by atoms with Crippen molar-refractivity contribution in [3.8, 4) is 0 Å². The Morgan fingerprint density at radius 3 is 1.28 bits per heavy atom. The van der Waals surface area contributed by atoms with Crippen LogP contribution in [0.1, 0.15) is 53.4 Å². The van der Waals surface area contributed by atoms with Crippen LogP contribution in [0.4, 0.5) is 0 Å². The van der Waals surface area contributed by atoms with Crippen molar-refractivity contribution < 1.29 is 39.7 Å². The first-order chi connectivity index (χ1) is 11.6. The molecule has 4 heteroatoms. The molecule has 0 fully saturated rings. The molecule has 0 aromatic carbocycles. The van der Waals surface area contributed by atoms with Crippen molar-refractivity contribution in [3.05, 3.63) is 59.0 Å². The summed E-state index contributed by atoms with van der Waals surface area (Å²) in [5, 5.41) is 30.2. The molecule has 1 aliphatic rings. The second kappa shape index (κ2) is 21.5. The Morgan fingerprint density at radius 1 is 0.920 bits per heavy atom. The molecule has 3 nitrogen and oxygen atoms in total. The van der Waals surface area contributed by atoms with E-state index in [1.165, 1.54) is 36.4 Å². The summed E-state index contributed by atoms with van der Waals surface area (Å²) in [6.45, 7) is 17.3. The van der Waals surface area contributed by atoms with Crippen LogP contribution in [0.2, 0.25) is 0 Å². The molecule has 0 aromatic heterocycles. The third-order valence-electron chi connectivity index (χ3n) is 2.66. The number of hydrogen-bond acceptors (Lipinski definition) is 3. The van der Waals surface area contributed by atoms with Crippen LogP contribution in [-0.4, -0.2) is 18.3 Å². The van der Waals surface area contributed by atoms with Crippen LogP contribution in [0.3, 0.4) is 0 Å². The first-order valence-corrected chi connectivity index (χ1v) is 10.3. The minimum atomic E-state index is -0.470. The van der Waals surface area contributed by atoms with Gasteiger partial charge in [-0.05, 0) is 19.3 Å². The fourth-order valence-corrected chi connectivity index (χ4v) is 2.04. The van der Waals surface area contributed by atoms with Gasteiger partial charge in [0.25, 0.3) is 0 Å². The summed E-state index contributed by atoms with van der Waals surface area (Å²) in [6, 6.07) is 0. The topological polar surface area (TPSA) is 69.2 Å². The normalized spacial score (nSPS) is 15.2. The van der Waals surface area contributed by atoms with Crippen molar-refractivity contribution in [2.45, 2.75) is 71.7 Å². The average molecular weight is 513 g/mol. The van der Waals surface area contributed by atoms with E-state index in [-0.39, 0.29) is 0 Å². The molecule has 0 saturated heterocycles. The molecule has 0 bridgehead atoms. The molecule has 0 heterocycles. The van der Waals surface area contributed by atoms with Crippen molar-refractivity contribution in [2.24, 2.45) is 0 Å². The van der Waals surface area contributed by atoms with E-state index in [9.17, 15) is 15.3 Å². The summed E-state index contributed by atoms with van der Waals surface area (Å²) in [4.78, 5) is 0. The zero-order valence-electron chi connectivity index (χ0n) is 16.3. The second-order valence-electron chi connectivity index (χ2n) is 5.77. The van der Waals surface area contributed by atoms with E-state index < -0.39 is 18.3 Å². The van der Waals surface area contributed by atoms with Gasteiger partial charge in [0.15, 0.2) is 0 Å². The molecule has 0 aliphatic heterocycles. The Kier molecular flexibility index (Phi) is 25.1. The predicted molar refractivity (Wildman–Crippen MR) is 99.3 cm³/mol. The van der Waals surface area contributed by atoms with Crippen LogP contribution in [0.25, 0.3) is 0 Å². The van der Waals surface area contributed by atoms with Crippen LogP contribution >= 0.6 is 0 Å². The maximum absolute atomic E-state index is 10.1. The van der Waals surface area contributed by atoms with Crippen molar-refractivity contribution in [2.75, 3.05) is 0 Å². The van der Waals surface area contributed by atoms with E-state index in [1.54, 1.807) is 42.3 Å². The van der Waals surface area contributed by atoms with Gasteiger partial charge < -0.3 is 15.3 Å². The van der Waals surface area contributed by atoms with Gasteiger partial charge in [-0.1, -0.05) is 39.0 Å². The second-order valence-corrected chi connectivity index (χ2v) is 7.94. The van der Waals surface area contributed by atoms with Crippen molar-refractivity contribution in [1.82, 2.24) is 0 Å². The third kappa shape index (κ3) is 31.7. The van der Waals surface area contributed by atoms with Crippen LogP contribution in [0.15, 0.2) is 59.0 Å². The van der Waals surface area contributed by atoms with Gasteiger partial charge in [0.05, 0.1) is 0 Å². The molecular weight excluding hydrogens is 479 g/mol. The van der Waals surface area contributed by atoms with Crippen molar-refractivity contribution in [3.63, 3.8) is 0 Å². The molecule has 0 aromatic rings. The van der Waals surface area contributed by atoms with Crippen LogP contribution in [0, 0.1) is 0 Å². The summed E-state index contributed by atoms with van der Waals surface area (Å²) in [6.07, 6.45) is 10.9. The molecule has 3 unspecified atom stereocenters. The molecule has 0 amide bonds. The van der Waals surface area contributed by atoms with Gasteiger partial charge in [-0.2, -0.15) is 0 Å². The van der Waals surface area contributed by atoms with Crippen molar-refractivity contribution >= 4 is 0 Å².